The molecule has 0 saturated heterocycles. The van der Waals surface area contributed by atoms with E-state index in [1.807, 2.05) is 0 Å². The minimum atomic E-state index is -0.423. The minimum absolute atomic E-state index is 0.158. The van der Waals surface area contributed by atoms with Crippen LogP contribution in [0.5, 0.6) is 5.75 Å². The van der Waals surface area contributed by atoms with Gasteiger partial charge in [0.1, 0.15) is 16.7 Å². The lowest BCUT2D eigenvalue weighted by Gasteiger charge is -2.15. The Balaban J connectivity index is 2.35. The topological polar surface area (TPSA) is 96.1 Å². The van der Waals surface area contributed by atoms with E-state index in [9.17, 15) is 4.39 Å². The second-order valence-electron chi connectivity index (χ2n) is 3.98. The zero-order valence-electron chi connectivity index (χ0n) is 11.1. The van der Waals surface area contributed by atoms with E-state index in [0.717, 1.165) is 12.4 Å². The summed E-state index contributed by atoms with van der Waals surface area (Å²) >= 11 is 6.16. The molecule has 1 aliphatic rings. The summed E-state index contributed by atoms with van der Waals surface area (Å²) in [6.07, 6.45) is 6.19. The van der Waals surface area contributed by atoms with E-state index in [1.54, 1.807) is 7.05 Å². The number of rotatable bonds is 4. The summed E-state index contributed by atoms with van der Waals surface area (Å²) in [6, 6.07) is 0. The van der Waals surface area contributed by atoms with Gasteiger partial charge in [0.2, 0.25) is 0 Å². The summed E-state index contributed by atoms with van der Waals surface area (Å²) in [5, 5.41) is 13.1. The Kier molecular flexibility index (Phi) is 4.44. The number of allylic oxidation sites excluding steroid dienone is 4. The molecule has 0 aliphatic carbocycles. The van der Waals surface area contributed by atoms with Crippen LogP contribution in [0.2, 0.25) is 5.02 Å². The highest BCUT2D eigenvalue weighted by atomic mass is 35.5. The van der Waals surface area contributed by atoms with Gasteiger partial charge < -0.3 is 26.5 Å². The van der Waals surface area contributed by atoms with Crippen molar-refractivity contribution in [1.82, 2.24) is 10.3 Å². The molecule has 0 aromatic carbocycles. The number of dihydropyridines is 1. The van der Waals surface area contributed by atoms with E-state index in [4.69, 9.17) is 27.5 Å². The monoisotopic (exact) mass is 309 g/mol. The van der Waals surface area contributed by atoms with E-state index in [-0.39, 0.29) is 22.3 Å². The number of pyridine rings is 1. The smallest absolute Gasteiger partial charge is 0.168 e. The molecule has 0 unspecified atom stereocenters. The normalized spacial score (nSPS) is 15.9. The maximum Gasteiger partial charge on any atom is 0.168 e. The largest absolute Gasteiger partial charge is 0.450 e. The van der Waals surface area contributed by atoms with Crippen molar-refractivity contribution in [3.8, 4) is 5.75 Å². The number of nitrogens with two attached hydrogens (primary N) is 1. The fourth-order valence-corrected chi connectivity index (χ4v) is 1.91. The first-order valence-corrected chi connectivity index (χ1v) is 6.29. The Bertz CT molecular complexity index is 669. The van der Waals surface area contributed by atoms with Crippen molar-refractivity contribution in [3.63, 3.8) is 0 Å². The predicted molar refractivity (Wildman–Crippen MR) is 81.1 cm³/mol. The van der Waals surface area contributed by atoms with Gasteiger partial charge >= 0.3 is 0 Å². The molecule has 0 bridgehead atoms. The van der Waals surface area contributed by atoms with Gasteiger partial charge in [-0.2, -0.15) is 0 Å². The summed E-state index contributed by atoms with van der Waals surface area (Å²) in [5.74, 6) is 0.198. The fraction of sp³-hybridized carbons (Fsp3) is 0.0769. The molecule has 1 aliphatic heterocycles. The molecule has 21 heavy (non-hydrogen) atoms. The predicted octanol–water partition coefficient (Wildman–Crippen LogP) is 2.57. The first-order valence-electron chi connectivity index (χ1n) is 5.91. The molecule has 0 saturated carbocycles. The van der Waals surface area contributed by atoms with Gasteiger partial charge in [0.25, 0.3) is 0 Å². The highest BCUT2D eigenvalue weighted by Gasteiger charge is 2.14. The molecule has 0 radical (unpaired) electrons. The van der Waals surface area contributed by atoms with Crippen LogP contribution in [-0.2, 0) is 0 Å². The zero-order chi connectivity index (χ0) is 15.4. The Hall–Kier alpha value is -2.54. The SMILES string of the molecule is CNc1c(N)ncc(O/C(C=N)=C2\C=CC(F)=CN2)c1Cl. The highest BCUT2D eigenvalue weighted by Crippen LogP contribution is 2.35. The molecule has 6 nitrogen and oxygen atoms in total. The lowest BCUT2D eigenvalue weighted by Crippen LogP contribution is -2.14. The van der Waals surface area contributed by atoms with Crippen LogP contribution in [0.15, 0.2) is 41.8 Å². The molecule has 0 spiro atoms. The molecular weight excluding hydrogens is 297 g/mol. The second kappa shape index (κ2) is 6.27. The highest BCUT2D eigenvalue weighted by molar-refractivity contribution is 6.35. The molecule has 8 heteroatoms. The van der Waals surface area contributed by atoms with Crippen LogP contribution in [-0.4, -0.2) is 18.2 Å². The number of hydrogen-bond acceptors (Lipinski definition) is 6. The quantitative estimate of drug-likeness (QED) is 0.506. The number of anilines is 2. The van der Waals surface area contributed by atoms with Crippen LogP contribution in [0, 0.1) is 5.41 Å². The number of nitrogen functional groups attached to an aromatic ring is 1. The van der Waals surface area contributed by atoms with Gasteiger partial charge in [0, 0.05) is 13.2 Å². The van der Waals surface area contributed by atoms with Gasteiger partial charge in [-0.05, 0) is 12.2 Å². The average molecular weight is 310 g/mol. The van der Waals surface area contributed by atoms with Crippen LogP contribution in [0.4, 0.5) is 15.9 Å². The number of nitrogens with one attached hydrogen (secondary N) is 3. The first kappa shape index (κ1) is 14.9. The van der Waals surface area contributed by atoms with Crippen LogP contribution < -0.4 is 21.1 Å². The first-order chi connectivity index (χ1) is 10.1. The summed E-state index contributed by atoms with van der Waals surface area (Å²) < 4.78 is 18.4. The van der Waals surface area contributed by atoms with E-state index in [1.165, 1.54) is 18.3 Å². The Morgan fingerprint density at radius 1 is 1.57 bits per heavy atom. The van der Waals surface area contributed by atoms with E-state index < -0.39 is 5.83 Å². The fourth-order valence-electron chi connectivity index (χ4n) is 1.63. The zero-order valence-corrected chi connectivity index (χ0v) is 11.8. The minimum Gasteiger partial charge on any atom is -0.450 e. The Labute approximate surface area is 125 Å². The van der Waals surface area contributed by atoms with Gasteiger partial charge in [-0.25, -0.2) is 9.37 Å². The lowest BCUT2D eigenvalue weighted by atomic mass is 10.2. The van der Waals surface area contributed by atoms with Gasteiger partial charge in [-0.1, -0.05) is 11.6 Å². The summed E-state index contributed by atoms with van der Waals surface area (Å²) in [6.45, 7) is 0. The molecule has 1 aromatic heterocycles. The van der Waals surface area contributed by atoms with Crippen molar-refractivity contribution in [2.45, 2.75) is 0 Å². The molecule has 1 aromatic rings. The third-order valence-corrected chi connectivity index (χ3v) is 3.03. The number of aromatic nitrogens is 1. The van der Waals surface area contributed by atoms with Crippen molar-refractivity contribution < 1.29 is 9.13 Å². The number of halogens is 2. The number of hydrogen-bond donors (Lipinski definition) is 4. The van der Waals surface area contributed by atoms with Crippen LogP contribution >= 0.6 is 11.6 Å². The standard InChI is InChI=1S/C13H13ClFN5O/c1-18-12-11(14)10(6-20-13(12)17)21-9(4-16)8-3-2-7(15)5-19-8/h2-6,16,18-19H,1H3,(H2,17,20)/b9-8+,16-4?. The van der Waals surface area contributed by atoms with Crippen molar-refractivity contribution >= 4 is 29.3 Å². The van der Waals surface area contributed by atoms with Gasteiger partial charge in [-0.3, -0.25) is 0 Å². The third kappa shape index (κ3) is 3.14. The molecule has 0 amide bonds. The van der Waals surface area contributed by atoms with Crippen LogP contribution in [0.1, 0.15) is 0 Å². The summed E-state index contributed by atoms with van der Waals surface area (Å²) in [7, 11) is 1.65. The van der Waals surface area contributed by atoms with Crippen LogP contribution in [0.3, 0.4) is 0 Å². The van der Waals surface area contributed by atoms with Gasteiger partial charge in [0.05, 0.1) is 23.8 Å². The van der Waals surface area contributed by atoms with E-state index in [2.05, 4.69) is 15.6 Å². The van der Waals surface area contributed by atoms with Crippen molar-refractivity contribution in [2.24, 2.45) is 0 Å². The summed E-state index contributed by atoms with van der Waals surface area (Å²) in [4.78, 5) is 3.95. The molecular formula is C13H13ClFN5O. The molecule has 0 fully saturated rings. The summed E-state index contributed by atoms with van der Waals surface area (Å²) in [5.41, 5.74) is 6.53. The molecule has 2 heterocycles. The van der Waals surface area contributed by atoms with Crippen molar-refractivity contribution in [3.05, 3.63) is 46.9 Å². The van der Waals surface area contributed by atoms with E-state index >= 15 is 0 Å². The lowest BCUT2D eigenvalue weighted by molar-refractivity contribution is 0.447. The molecule has 2 rings (SSSR count). The van der Waals surface area contributed by atoms with Crippen LogP contribution in [0.25, 0.3) is 0 Å². The Morgan fingerprint density at radius 2 is 2.33 bits per heavy atom. The van der Waals surface area contributed by atoms with E-state index in [0.29, 0.717) is 11.4 Å². The van der Waals surface area contributed by atoms with Crippen molar-refractivity contribution in [1.29, 1.82) is 5.41 Å². The Morgan fingerprint density at radius 3 is 2.90 bits per heavy atom. The average Bonchev–Trinajstić information content (AvgIpc) is 2.48. The third-order valence-electron chi connectivity index (χ3n) is 2.65. The molecule has 0 atom stereocenters. The van der Waals surface area contributed by atoms with Gasteiger partial charge in [-0.15, -0.1) is 0 Å². The maximum absolute atomic E-state index is 12.9. The van der Waals surface area contributed by atoms with Gasteiger partial charge in [0.15, 0.2) is 11.5 Å². The van der Waals surface area contributed by atoms with Crippen molar-refractivity contribution in [2.75, 3.05) is 18.1 Å². The second-order valence-corrected chi connectivity index (χ2v) is 4.36. The maximum atomic E-state index is 12.9. The number of nitrogens with zero attached hydrogens (tertiary/aromatic N) is 1. The molecule has 5 N–H and O–H groups in total. The number of ether oxygens (including phenoxy) is 1. The molecule has 110 valence electrons.